The van der Waals surface area contributed by atoms with Gasteiger partial charge in [0, 0.05) is 18.1 Å². The summed E-state index contributed by atoms with van der Waals surface area (Å²) in [5.41, 5.74) is 1.87. The Morgan fingerprint density at radius 3 is 2.19 bits per heavy atom. The van der Waals surface area contributed by atoms with Crippen LogP contribution in [0.1, 0.15) is 15.9 Å². The zero-order chi connectivity index (χ0) is 18.5. The average Bonchev–Trinajstić information content (AvgIpc) is 2.66. The van der Waals surface area contributed by atoms with Gasteiger partial charge in [0.05, 0.1) is 32.9 Å². The van der Waals surface area contributed by atoms with Crippen LogP contribution in [0.3, 0.4) is 0 Å². The van der Waals surface area contributed by atoms with Gasteiger partial charge in [-0.3, -0.25) is 4.79 Å². The number of nitrogens with zero attached hydrogens (tertiary/aromatic N) is 3. The second-order valence-electron chi connectivity index (χ2n) is 5.16. The van der Waals surface area contributed by atoms with Crippen LogP contribution in [0.25, 0.3) is 0 Å². The van der Waals surface area contributed by atoms with Crippen molar-refractivity contribution in [1.29, 1.82) is 5.26 Å². The Bertz CT molecular complexity index is 962. The first-order valence-corrected chi connectivity index (χ1v) is 8.17. The molecule has 3 aromatic rings. The molecule has 0 aliphatic carbocycles. The topological polar surface area (TPSA) is 90.7 Å². The zero-order valence-corrected chi connectivity index (χ0v) is 14.7. The molecule has 0 saturated heterocycles. The summed E-state index contributed by atoms with van der Waals surface area (Å²) in [6, 6.07) is 13.8. The van der Waals surface area contributed by atoms with Crippen molar-refractivity contribution in [3.63, 3.8) is 0 Å². The maximum absolute atomic E-state index is 12.3. The van der Waals surface area contributed by atoms with Crippen molar-refractivity contribution in [3.05, 3.63) is 76.0 Å². The Balaban J connectivity index is 1.70. The summed E-state index contributed by atoms with van der Waals surface area (Å²) in [5, 5.41) is 15.1. The minimum atomic E-state index is -0.426. The lowest BCUT2D eigenvalue weighted by molar-refractivity contribution is 0.102. The molecule has 6 nitrogen and oxygen atoms in total. The van der Waals surface area contributed by atoms with E-state index in [9.17, 15) is 4.79 Å². The second kappa shape index (κ2) is 7.83. The number of rotatable bonds is 4. The molecule has 3 rings (SSSR count). The Morgan fingerprint density at radius 1 is 1.00 bits per heavy atom. The van der Waals surface area contributed by atoms with Gasteiger partial charge < -0.3 is 10.6 Å². The summed E-state index contributed by atoms with van der Waals surface area (Å²) < 4.78 is 0. The van der Waals surface area contributed by atoms with Crippen LogP contribution in [0, 0.1) is 11.3 Å². The van der Waals surface area contributed by atoms with Crippen molar-refractivity contribution >= 4 is 46.4 Å². The first-order chi connectivity index (χ1) is 12.6. The number of benzene rings is 2. The lowest BCUT2D eigenvalue weighted by Crippen LogP contribution is -2.13. The molecule has 0 unspecified atom stereocenters. The molecule has 0 spiro atoms. The summed E-state index contributed by atoms with van der Waals surface area (Å²) in [6.45, 7) is 0. The fourth-order valence-corrected chi connectivity index (χ4v) is 2.56. The van der Waals surface area contributed by atoms with Gasteiger partial charge in [0.25, 0.3) is 5.91 Å². The quantitative estimate of drug-likeness (QED) is 0.683. The summed E-state index contributed by atoms with van der Waals surface area (Å²) >= 11 is 12.1. The SMILES string of the molecule is N#Cc1ccc(Nc2ncc(C(=O)Nc3c(Cl)cccc3Cl)cn2)cc1. The monoisotopic (exact) mass is 383 g/mol. The smallest absolute Gasteiger partial charge is 0.258 e. The molecule has 0 saturated carbocycles. The van der Waals surface area contributed by atoms with Crippen LogP contribution in [0.15, 0.2) is 54.9 Å². The number of anilines is 3. The third kappa shape index (κ3) is 4.09. The van der Waals surface area contributed by atoms with Crippen molar-refractivity contribution in [2.24, 2.45) is 0 Å². The molecule has 0 bridgehead atoms. The van der Waals surface area contributed by atoms with E-state index >= 15 is 0 Å². The predicted molar refractivity (Wildman–Crippen MR) is 101 cm³/mol. The minimum absolute atomic E-state index is 0.256. The molecule has 0 aliphatic rings. The van der Waals surface area contributed by atoms with E-state index in [1.165, 1.54) is 12.4 Å². The van der Waals surface area contributed by atoms with Gasteiger partial charge in [-0.2, -0.15) is 5.26 Å². The fourth-order valence-electron chi connectivity index (χ4n) is 2.07. The van der Waals surface area contributed by atoms with E-state index in [4.69, 9.17) is 28.5 Å². The van der Waals surface area contributed by atoms with E-state index in [2.05, 4.69) is 20.6 Å². The zero-order valence-electron chi connectivity index (χ0n) is 13.2. The molecule has 8 heteroatoms. The molecule has 2 N–H and O–H groups in total. The van der Waals surface area contributed by atoms with Gasteiger partial charge in [0.2, 0.25) is 5.95 Å². The van der Waals surface area contributed by atoms with E-state index in [0.29, 0.717) is 27.2 Å². The molecule has 128 valence electrons. The maximum atomic E-state index is 12.3. The van der Waals surface area contributed by atoms with Crippen LogP contribution in [0.5, 0.6) is 0 Å². The number of hydrogen-bond donors (Lipinski definition) is 2. The van der Waals surface area contributed by atoms with Gasteiger partial charge in [0.1, 0.15) is 0 Å². The van der Waals surface area contributed by atoms with Crippen molar-refractivity contribution in [3.8, 4) is 6.07 Å². The van der Waals surface area contributed by atoms with Crippen molar-refractivity contribution in [1.82, 2.24) is 9.97 Å². The van der Waals surface area contributed by atoms with Crippen LogP contribution in [-0.2, 0) is 0 Å². The highest BCUT2D eigenvalue weighted by Gasteiger charge is 2.12. The Hall–Kier alpha value is -3.14. The summed E-state index contributed by atoms with van der Waals surface area (Å²) in [5.74, 6) is -0.105. The Kier molecular flexibility index (Phi) is 5.32. The van der Waals surface area contributed by atoms with Crippen molar-refractivity contribution < 1.29 is 4.79 Å². The van der Waals surface area contributed by atoms with E-state index in [1.54, 1.807) is 42.5 Å². The Morgan fingerprint density at radius 2 is 1.62 bits per heavy atom. The van der Waals surface area contributed by atoms with Crippen LogP contribution in [-0.4, -0.2) is 15.9 Å². The number of amides is 1. The highest BCUT2D eigenvalue weighted by molar-refractivity contribution is 6.40. The van der Waals surface area contributed by atoms with Crippen LogP contribution >= 0.6 is 23.2 Å². The number of hydrogen-bond acceptors (Lipinski definition) is 5. The predicted octanol–water partition coefficient (Wildman–Crippen LogP) is 4.65. The number of halogens is 2. The maximum Gasteiger partial charge on any atom is 0.258 e. The molecule has 2 aromatic carbocycles. The average molecular weight is 384 g/mol. The van der Waals surface area contributed by atoms with Crippen LogP contribution in [0.2, 0.25) is 10.0 Å². The summed E-state index contributed by atoms with van der Waals surface area (Å²) in [4.78, 5) is 20.5. The third-order valence-electron chi connectivity index (χ3n) is 3.39. The van der Waals surface area contributed by atoms with Crippen LogP contribution < -0.4 is 10.6 Å². The van der Waals surface area contributed by atoms with Gasteiger partial charge in [-0.1, -0.05) is 29.3 Å². The fraction of sp³-hybridized carbons (Fsp3) is 0. The molecule has 1 amide bonds. The second-order valence-corrected chi connectivity index (χ2v) is 5.97. The first-order valence-electron chi connectivity index (χ1n) is 7.41. The number of carbonyl (C=O) groups is 1. The van der Waals surface area contributed by atoms with Gasteiger partial charge in [-0.15, -0.1) is 0 Å². The molecule has 0 atom stereocenters. The highest BCUT2D eigenvalue weighted by atomic mass is 35.5. The van der Waals surface area contributed by atoms with E-state index in [-0.39, 0.29) is 5.56 Å². The third-order valence-corrected chi connectivity index (χ3v) is 4.02. The molecular formula is C18H11Cl2N5O. The molecule has 26 heavy (non-hydrogen) atoms. The number of aromatic nitrogens is 2. The lowest BCUT2D eigenvalue weighted by atomic mass is 10.2. The number of nitrogens with one attached hydrogen (secondary N) is 2. The standard InChI is InChI=1S/C18H11Cl2N5O/c19-14-2-1-3-15(20)16(14)25-17(26)12-9-22-18(23-10-12)24-13-6-4-11(8-21)5-7-13/h1-7,9-10H,(H,25,26)(H,22,23,24). The molecule has 0 radical (unpaired) electrons. The van der Waals surface area contributed by atoms with Crippen molar-refractivity contribution in [2.45, 2.75) is 0 Å². The van der Waals surface area contributed by atoms with Gasteiger partial charge in [-0.25, -0.2) is 9.97 Å². The number of carbonyl (C=O) groups excluding carboxylic acids is 1. The van der Waals surface area contributed by atoms with E-state index < -0.39 is 5.91 Å². The van der Waals surface area contributed by atoms with E-state index in [0.717, 1.165) is 5.69 Å². The molecule has 0 fully saturated rings. The molecular weight excluding hydrogens is 373 g/mol. The Labute approximate surface area is 159 Å². The van der Waals surface area contributed by atoms with Gasteiger partial charge in [0.15, 0.2) is 0 Å². The van der Waals surface area contributed by atoms with Gasteiger partial charge in [-0.05, 0) is 36.4 Å². The minimum Gasteiger partial charge on any atom is -0.324 e. The first kappa shape index (κ1) is 17.7. The normalized spacial score (nSPS) is 10.0. The summed E-state index contributed by atoms with van der Waals surface area (Å²) in [6.07, 6.45) is 2.78. The summed E-state index contributed by atoms with van der Waals surface area (Å²) in [7, 11) is 0. The lowest BCUT2D eigenvalue weighted by Gasteiger charge is -2.09. The van der Waals surface area contributed by atoms with Crippen molar-refractivity contribution in [2.75, 3.05) is 10.6 Å². The molecule has 0 aliphatic heterocycles. The van der Waals surface area contributed by atoms with Gasteiger partial charge >= 0.3 is 0 Å². The molecule has 1 heterocycles. The number of nitriles is 1. The molecule has 1 aromatic heterocycles. The largest absolute Gasteiger partial charge is 0.324 e. The highest BCUT2D eigenvalue weighted by Crippen LogP contribution is 2.30. The number of para-hydroxylation sites is 1. The van der Waals surface area contributed by atoms with Crippen LogP contribution in [0.4, 0.5) is 17.3 Å². The van der Waals surface area contributed by atoms with E-state index in [1.807, 2.05) is 6.07 Å².